The van der Waals surface area contributed by atoms with Crippen molar-refractivity contribution in [3.8, 4) is 11.8 Å². The maximum Gasteiger partial charge on any atom is 0.340 e. The summed E-state index contributed by atoms with van der Waals surface area (Å²) in [4.78, 5) is 12.0. The number of anilines is 1. The number of nitrogens with two attached hydrogens (primary N) is 1. The number of aromatic nitrogens is 1. The molecule has 0 bridgehead atoms. The molecular weight excluding hydrogens is 278 g/mol. The summed E-state index contributed by atoms with van der Waals surface area (Å²) in [5, 5.41) is 9.37. The van der Waals surface area contributed by atoms with E-state index in [0.717, 1.165) is 0 Å². The highest BCUT2D eigenvalue weighted by atomic mass is 35.5. The van der Waals surface area contributed by atoms with Gasteiger partial charge in [0.25, 0.3) is 0 Å². The number of halogens is 1. The maximum absolute atomic E-state index is 12.0. The number of benzene rings is 1. The smallest absolute Gasteiger partial charge is 0.340 e. The number of hydrogen-bond donors (Lipinski definition) is 1. The third-order valence-electron chi connectivity index (χ3n) is 2.69. The number of carbonyl (C=O) groups excluding carboxylic acids is 1. The molecule has 0 atom stereocenters. The Morgan fingerprint density at radius 1 is 1.55 bits per heavy atom. The largest absolute Gasteiger partial charge is 0.462 e. The molecule has 0 unspecified atom stereocenters. The van der Waals surface area contributed by atoms with Gasteiger partial charge in [0.15, 0.2) is 0 Å². The zero-order valence-electron chi connectivity index (χ0n) is 10.8. The summed E-state index contributed by atoms with van der Waals surface area (Å²) in [6.45, 7) is 1.95. The van der Waals surface area contributed by atoms with Crippen LogP contribution in [0.15, 0.2) is 30.5 Å². The van der Waals surface area contributed by atoms with Crippen LogP contribution in [0, 0.1) is 11.3 Å². The second-order valence-electron chi connectivity index (χ2n) is 3.99. The van der Waals surface area contributed by atoms with E-state index in [0.29, 0.717) is 17.1 Å². The minimum absolute atomic E-state index is 0.226. The number of hydrogen-bond acceptors (Lipinski definition) is 4. The fourth-order valence-electron chi connectivity index (χ4n) is 1.90. The molecule has 0 amide bonds. The molecule has 0 spiro atoms. The average Bonchev–Trinajstić information content (AvgIpc) is 2.86. The molecule has 102 valence electrons. The van der Waals surface area contributed by atoms with Crippen molar-refractivity contribution >= 4 is 23.3 Å². The lowest BCUT2D eigenvalue weighted by Gasteiger charge is -2.14. The minimum Gasteiger partial charge on any atom is -0.462 e. The van der Waals surface area contributed by atoms with E-state index in [4.69, 9.17) is 27.3 Å². The molecule has 0 fully saturated rings. The summed E-state index contributed by atoms with van der Waals surface area (Å²) in [6.07, 6.45) is 1.65. The van der Waals surface area contributed by atoms with Gasteiger partial charge in [-0.05, 0) is 31.2 Å². The van der Waals surface area contributed by atoms with Crippen molar-refractivity contribution in [2.24, 2.45) is 0 Å². The molecular formula is C14H12ClN3O2. The molecule has 20 heavy (non-hydrogen) atoms. The highest BCUT2D eigenvalue weighted by molar-refractivity contribution is 6.33. The van der Waals surface area contributed by atoms with Crippen LogP contribution < -0.4 is 5.73 Å². The van der Waals surface area contributed by atoms with E-state index in [9.17, 15) is 4.79 Å². The van der Waals surface area contributed by atoms with E-state index < -0.39 is 5.97 Å². The normalized spacial score (nSPS) is 10.1. The molecule has 0 aliphatic heterocycles. The Hall–Kier alpha value is -2.45. The molecule has 0 radical (unpaired) electrons. The average molecular weight is 290 g/mol. The van der Waals surface area contributed by atoms with Crippen molar-refractivity contribution in [2.75, 3.05) is 12.3 Å². The third-order valence-corrected chi connectivity index (χ3v) is 2.97. The topological polar surface area (TPSA) is 81.0 Å². The first-order valence-electron chi connectivity index (χ1n) is 5.92. The van der Waals surface area contributed by atoms with E-state index in [1.807, 2.05) is 6.07 Å². The molecule has 1 aromatic carbocycles. The molecule has 0 saturated carbocycles. The molecule has 5 nitrogen and oxygen atoms in total. The van der Waals surface area contributed by atoms with Gasteiger partial charge in [0.05, 0.1) is 22.9 Å². The van der Waals surface area contributed by atoms with Gasteiger partial charge < -0.3 is 15.0 Å². The molecule has 2 aromatic rings. The fourth-order valence-corrected chi connectivity index (χ4v) is 2.22. The predicted molar refractivity (Wildman–Crippen MR) is 75.9 cm³/mol. The molecule has 0 aliphatic carbocycles. The van der Waals surface area contributed by atoms with Crippen LogP contribution in [-0.2, 0) is 4.74 Å². The Morgan fingerprint density at radius 2 is 2.30 bits per heavy atom. The number of rotatable bonds is 3. The zero-order valence-corrected chi connectivity index (χ0v) is 11.5. The number of nitrogens with zero attached hydrogens (tertiary/aromatic N) is 2. The van der Waals surface area contributed by atoms with Gasteiger partial charge in [-0.3, -0.25) is 0 Å². The monoisotopic (exact) mass is 289 g/mol. The van der Waals surface area contributed by atoms with Gasteiger partial charge in [-0.2, -0.15) is 5.26 Å². The van der Waals surface area contributed by atoms with Crippen LogP contribution in [0.2, 0.25) is 5.02 Å². The summed E-state index contributed by atoms with van der Waals surface area (Å²) in [7, 11) is 0. The van der Waals surface area contributed by atoms with Crippen LogP contribution in [0.1, 0.15) is 23.0 Å². The van der Waals surface area contributed by atoms with Crippen LogP contribution in [0.5, 0.6) is 0 Å². The fraction of sp³-hybridized carbons (Fsp3) is 0.143. The van der Waals surface area contributed by atoms with Crippen LogP contribution >= 0.6 is 11.6 Å². The first-order valence-corrected chi connectivity index (χ1v) is 6.30. The molecule has 0 saturated heterocycles. The van der Waals surface area contributed by atoms with Gasteiger partial charge in [0.1, 0.15) is 11.8 Å². The summed E-state index contributed by atoms with van der Waals surface area (Å²) >= 11 is 6.18. The van der Waals surface area contributed by atoms with Gasteiger partial charge in [0.2, 0.25) is 0 Å². The summed E-state index contributed by atoms with van der Waals surface area (Å²) in [5.41, 5.74) is 7.05. The summed E-state index contributed by atoms with van der Waals surface area (Å²) in [5.74, 6) is -0.533. The standard InChI is InChI=1S/C14H12ClN3O2/c1-2-20-14(19)11-6-9(17)7-12(15)13(11)18-5-3-4-10(18)8-16/h3-7H,2,17H2,1H3. The molecule has 6 heteroatoms. The summed E-state index contributed by atoms with van der Waals surface area (Å²) in [6, 6.07) is 8.37. The molecule has 0 aliphatic rings. The van der Waals surface area contributed by atoms with E-state index >= 15 is 0 Å². The van der Waals surface area contributed by atoms with E-state index in [-0.39, 0.29) is 17.2 Å². The van der Waals surface area contributed by atoms with Crippen LogP contribution in [0.3, 0.4) is 0 Å². The van der Waals surface area contributed by atoms with E-state index in [1.54, 1.807) is 25.3 Å². The Kier molecular flexibility index (Phi) is 3.97. The van der Waals surface area contributed by atoms with Crippen molar-refractivity contribution in [3.05, 3.63) is 46.7 Å². The van der Waals surface area contributed by atoms with Crippen molar-refractivity contribution < 1.29 is 9.53 Å². The highest BCUT2D eigenvalue weighted by Gasteiger charge is 2.19. The van der Waals surface area contributed by atoms with Crippen LogP contribution in [0.4, 0.5) is 5.69 Å². The number of nitrogen functional groups attached to an aromatic ring is 1. The number of carbonyl (C=O) groups is 1. The molecule has 1 heterocycles. The highest BCUT2D eigenvalue weighted by Crippen LogP contribution is 2.29. The Labute approximate surface area is 121 Å². The van der Waals surface area contributed by atoms with E-state index in [2.05, 4.69) is 0 Å². The predicted octanol–water partition coefficient (Wildman–Crippen LogP) is 2.76. The maximum atomic E-state index is 12.0. The quantitative estimate of drug-likeness (QED) is 0.696. The van der Waals surface area contributed by atoms with Crippen LogP contribution in [0.25, 0.3) is 5.69 Å². The molecule has 1 aromatic heterocycles. The van der Waals surface area contributed by atoms with Crippen molar-refractivity contribution in [2.45, 2.75) is 6.92 Å². The van der Waals surface area contributed by atoms with Crippen molar-refractivity contribution in [3.63, 3.8) is 0 Å². The first-order chi connectivity index (χ1) is 9.58. The van der Waals surface area contributed by atoms with Gasteiger partial charge in [-0.1, -0.05) is 11.6 Å². The zero-order chi connectivity index (χ0) is 14.7. The lowest BCUT2D eigenvalue weighted by molar-refractivity contribution is 0.0526. The Balaban J connectivity index is 2.69. The summed E-state index contributed by atoms with van der Waals surface area (Å²) < 4.78 is 6.54. The lowest BCUT2D eigenvalue weighted by Crippen LogP contribution is -2.11. The van der Waals surface area contributed by atoms with Crippen LogP contribution in [-0.4, -0.2) is 17.1 Å². The Morgan fingerprint density at radius 3 is 2.95 bits per heavy atom. The van der Waals surface area contributed by atoms with Gasteiger partial charge in [0, 0.05) is 11.9 Å². The first kappa shape index (κ1) is 14.0. The molecule has 2 rings (SSSR count). The molecule has 2 N–H and O–H groups in total. The number of nitriles is 1. The SMILES string of the molecule is CCOC(=O)c1cc(N)cc(Cl)c1-n1cccc1C#N. The minimum atomic E-state index is -0.533. The second kappa shape index (κ2) is 5.68. The van der Waals surface area contributed by atoms with Crippen molar-refractivity contribution in [1.29, 1.82) is 5.26 Å². The Bertz CT molecular complexity index is 701. The van der Waals surface area contributed by atoms with Gasteiger partial charge in [-0.15, -0.1) is 0 Å². The second-order valence-corrected chi connectivity index (χ2v) is 4.40. The van der Waals surface area contributed by atoms with Crippen molar-refractivity contribution in [1.82, 2.24) is 4.57 Å². The number of esters is 1. The van der Waals surface area contributed by atoms with Gasteiger partial charge in [-0.25, -0.2) is 4.79 Å². The number of ether oxygens (including phenoxy) is 1. The third kappa shape index (κ3) is 2.46. The van der Waals surface area contributed by atoms with Gasteiger partial charge >= 0.3 is 5.97 Å². The lowest BCUT2D eigenvalue weighted by atomic mass is 10.1. The van der Waals surface area contributed by atoms with E-state index in [1.165, 1.54) is 16.7 Å².